The fourth-order valence-electron chi connectivity index (χ4n) is 2.64. The number of fused-ring (bicyclic) bond motifs is 1. The third-order valence-corrected chi connectivity index (χ3v) is 3.69. The number of benzene rings is 2. The Labute approximate surface area is 134 Å². The molecule has 2 aromatic carbocycles. The van der Waals surface area contributed by atoms with Crippen molar-refractivity contribution >= 4 is 23.2 Å². The van der Waals surface area contributed by atoms with E-state index in [0.717, 1.165) is 28.2 Å². The summed E-state index contributed by atoms with van der Waals surface area (Å²) in [6, 6.07) is 24.3. The van der Waals surface area contributed by atoms with Gasteiger partial charge in [0.1, 0.15) is 5.82 Å². The molecule has 3 heteroatoms. The number of rotatable bonds is 3. The van der Waals surface area contributed by atoms with Crippen LogP contribution in [0.15, 0.2) is 79.0 Å². The third kappa shape index (κ3) is 2.64. The molecule has 0 aliphatic rings. The highest BCUT2D eigenvalue weighted by Crippen LogP contribution is 2.22. The van der Waals surface area contributed by atoms with Crippen LogP contribution in [0.3, 0.4) is 0 Å². The van der Waals surface area contributed by atoms with Gasteiger partial charge < -0.3 is 0 Å². The number of nitrogens with zero attached hydrogens (tertiary/aromatic N) is 3. The summed E-state index contributed by atoms with van der Waals surface area (Å²) in [4.78, 5) is 9.08. The Kier molecular flexibility index (Phi) is 3.45. The van der Waals surface area contributed by atoms with E-state index in [4.69, 9.17) is 4.98 Å². The Balaban J connectivity index is 1.88. The van der Waals surface area contributed by atoms with Gasteiger partial charge in [0.25, 0.3) is 0 Å². The van der Waals surface area contributed by atoms with Crippen LogP contribution in [0.4, 0.5) is 0 Å². The van der Waals surface area contributed by atoms with E-state index in [-0.39, 0.29) is 0 Å². The number of hydrogen-bond donors (Lipinski definition) is 0. The summed E-state index contributed by atoms with van der Waals surface area (Å²) in [6.45, 7) is 0. The smallest absolute Gasteiger partial charge is 0.138 e. The molecule has 0 spiro atoms. The van der Waals surface area contributed by atoms with Gasteiger partial charge in [0.15, 0.2) is 0 Å². The van der Waals surface area contributed by atoms with Gasteiger partial charge in [0.2, 0.25) is 0 Å². The molecule has 0 bridgehead atoms. The second-order valence-corrected chi connectivity index (χ2v) is 5.22. The molecule has 23 heavy (non-hydrogen) atoms. The largest absolute Gasteiger partial charge is 0.293 e. The van der Waals surface area contributed by atoms with Gasteiger partial charge in [-0.15, -0.1) is 0 Å². The fraction of sp³-hybridized carbons (Fsp3) is 0. The van der Waals surface area contributed by atoms with Crippen molar-refractivity contribution < 1.29 is 0 Å². The summed E-state index contributed by atoms with van der Waals surface area (Å²) in [5, 5.41) is 0. The predicted octanol–water partition coefficient (Wildman–Crippen LogP) is 4.59. The molecule has 2 heterocycles. The minimum Gasteiger partial charge on any atom is -0.293 e. The van der Waals surface area contributed by atoms with Gasteiger partial charge >= 0.3 is 0 Å². The van der Waals surface area contributed by atoms with E-state index in [1.807, 2.05) is 66.7 Å². The average molecular weight is 297 g/mol. The van der Waals surface area contributed by atoms with Crippen LogP contribution in [0.1, 0.15) is 11.5 Å². The Morgan fingerprint density at radius 3 is 2.35 bits per heavy atom. The van der Waals surface area contributed by atoms with Crippen molar-refractivity contribution in [3.05, 3.63) is 90.5 Å². The van der Waals surface area contributed by atoms with Crippen molar-refractivity contribution in [3.8, 4) is 5.69 Å². The summed E-state index contributed by atoms with van der Waals surface area (Å²) < 4.78 is 2.16. The maximum atomic E-state index is 4.75. The van der Waals surface area contributed by atoms with Crippen LogP contribution >= 0.6 is 0 Å². The lowest BCUT2D eigenvalue weighted by molar-refractivity contribution is 1.07. The summed E-state index contributed by atoms with van der Waals surface area (Å²) >= 11 is 0. The van der Waals surface area contributed by atoms with Crippen LogP contribution in [0.25, 0.3) is 28.9 Å². The molecule has 0 radical (unpaired) electrons. The fourth-order valence-corrected chi connectivity index (χ4v) is 2.64. The number of imidazole rings is 1. The maximum absolute atomic E-state index is 4.75. The normalized spacial score (nSPS) is 11.3. The molecular weight excluding hydrogens is 282 g/mol. The first-order valence-electron chi connectivity index (χ1n) is 7.54. The first kappa shape index (κ1) is 13.5. The second kappa shape index (κ2) is 5.89. The molecule has 0 saturated heterocycles. The van der Waals surface area contributed by atoms with Gasteiger partial charge in [0.05, 0.1) is 16.7 Å². The molecule has 2 aromatic heterocycles. The van der Waals surface area contributed by atoms with E-state index in [1.165, 1.54) is 0 Å². The zero-order valence-corrected chi connectivity index (χ0v) is 12.5. The van der Waals surface area contributed by atoms with Crippen molar-refractivity contribution in [1.29, 1.82) is 0 Å². The standard InChI is InChI=1S/C20H15N3/c1-2-9-17(10-3-1)23-19-12-5-4-11-18(19)22-20(23)14-13-16-8-6-7-15-21-16/h1-15H/b14-13+. The monoisotopic (exact) mass is 297 g/mol. The summed E-state index contributed by atoms with van der Waals surface area (Å²) in [5.41, 5.74) is 4.09. The number of para-hydroxylation sites is 3. The molecule has 0 aliphatic carbocycles. The van der Waals surface area contributed by atoms with Crippen LogP contribution in [0.5, 0.6) is 0 Å². The van der Waals surface area contributed by atoms with Gasteiger partial charge in [-0.3, -0.25) is 9.55 Å². The molecule has 0 amide bonds. The Bertz CT molecular complexity index is 954. The van der Waals surface area contributed by atoms with E-state index in [2.05, 4.69) is 27.8 Å². The van der Waals surface area contributed by atoms with Crippen molar-refractivity contribution in [2.45, 2.75) is 0 Å². The topological polar surface area (TPSA) is 30.7 Å². The van der Waals surface area contributed by atoms with Crippen LogP contribution in [0.2, 0.25) is 0 Å². The van der Waals surface area contributed by atoms with Gasteiger partial charge in [-0.05, 0) is 48.6 Å². The molecule has 110 valence electrons. The molecule has 0 N–H and O–H groups in total. The van der Waals surface area contributed by atoms with Gasteiger partial charge in [0, 0.05) is 11.9 Å². The highest BCUT2D eigenvalue weighted by Gasteiger charge is 2.09. The average Bonchev–Trinajstić information content (AvgIpc) is 3.00. The highest BCUT2D eigenvalue weighted by atomic mass is 15.1. The molecule has 0 aliphatic heterocycles. The third-order valence-electron chi connectivity index (χ3n) is 3.69. The highest BCUT2D eigenvalue weighted by molar-refractivity contribution is 5.81. The minimum atomic E-state index is 0.892. The van der Waals surface area contributed by atoms with E-state index in [9.17, 15) is 0 Å². The molecule has 4 rings (SSSR count). The van der Waals surface area contributed by atoms with Crippen LogP contribution in [0, 0.1) is 0 Å². The van der Waals surface area contributed by atoms with E-state index in [0.29, 0.717) is 0 Å². The number of pyridine rings is 1. The van der Waals surface area contributed by atoms with E-state index < -0.39 is 0 Å². The second-order valence-electron chi connectivity index (χ2n) is 5.22. The minimum absolute atomic E-state index is 0.892. The van der Waals surface area contributed by atoms with Crippen LogP contribution in [-0.2, 0) is 0 Å². The molecule has 0 atom stereocenters. The van der Waals surface area contributed by atoms with Crippen molar-refractivity contribution in [2.24, 2.45) is 0 Å². The predicted molar refractivity (Wildman–Crippen MR) is 94.2 cm³/mol. The van der Waals surface area contributed by atoms with Crippen molar-refractivity contribution in [1.82, 2.24) is 14.5 Å². The summed E-state index contributed by atoms with van der Waals surface area (Å²) in [6.07, 6.45) is 5.79. The SMILES string of the molecule is C(=C\c1nc2ccccc2n1-c1ccccc1)/c1ccccn1. The Morgan fingerprint density at radius 2 is 1.52 bits per heavy atom. The molecule has 4 aromatic rings. The lowest BCUT2D eigenvalue weighted by Crippen LogP contribution is -1.96. The van der Waals surface area contributed by atoms with E-state index in [1.54, 1.807) is 6.20 Å². The van der Waals surface area contributed by atoms with Crippen molar-refractivity contribution in [3.63, 3.8) is 0 Å². The summed E-state index contributed by atoms with van der Waals surface area (Å²) in [5.74, 6) is 0.892. The summed E-state index contributed by atoms with van der Waals surface area (Å²) in [7, 11) is 0. The molecule has 0 fully saturated rings. The van der Waals surface area contributed by atoms with Crippen molar-refractivity contribution in [2.75, 3.05) is 0 Å². The Hall–Kier alpha value is -3.20. The van der Waals surface area contributed by atoms with Crippen LogP contribution in [-0.4, -0.2) is 14.5 Å². The number of aromatic nitrogens is 3. The first-order valence-corrected chi connectivity index (χ1v) is 7.54. The lowest BCUT2D eigenvalue weighted by atomic mass is 10.2. The molecule has 0 unspecified atom stereocenters. The first-order chi connectivity index (χ1) is 11.4. The molecule has 3 nitrogen and oxygen atoms in total. The zero-order valence-electron chi connectivity index (χ0n) is 12.5. The quantitative estimate of drug-likeness (QED) is 0.553. The van der Waals surface area contributed by atoms with Gasteiger partial charge in [-0.1, -0.05) is 36.4 Å². The lowest BCUT2D eigenvalue weighted by Gasteiger charge is -2.06. The van der Waals surface area contributed by atoms with Gasteiger partial charge in [-0.25, -0.2) is 4.98 Å². The van der Waals surface area contributed by atoms with Crippen LogP contribution < -0.4 is 0 Å². The van der Waals surface area contributed by atoms with E-state index >= 15 is 0 Å². The Morgan fingerprint density at radius 1 is 0.739 bits per heavy atom. The maximum Gasteiger partial charge on any atom is 0.138 e. The zero-order chi connectivity index (χ0) is 15.5. The number of hydrogen-bond acceptors (Lipinski definition) is 2. The van der Waals surface area contributed by atoms with Gasteiger partial charge in [-0.2, -0.15) is 0 Å². The molecular formula is C20H15N3. The molecule has 0 saturated carbocycles.